The van der Waals surface area contributed by atoms with Gasteiger partial charge in [0, 0.05) is 5.56 Å². The van der Waals surface area contributed by atoms with Gasteiger partial charge in [0.15, 0.2) is 18.0 Å². The van der Waals surface area contributed by atoms with E-state index in [1.165, 1.54) is 11.1 Å². The largest absolute Gasteiger partial charge is 0.493 e. The van der Waals surface area contributed by atoms with Crippen molar-refractivity contribution in [3.8, 4) is 11.5 Å². The minimum Gasteiger partial charge on any atom is -0.493 e. The molecular formula is C23H31N2O3+. The molecule has 0 saturated carbocycles. The Hall–Kier alpha value is -2.53. The Bertz CT molecular complexity index is 835. The van der Waals surface area contributed by atoms with Gasteiger partial charge in [-0.1, -0.05) is 24.3 Å². The zero-order valence-corrected chi connectivity index (χ0v) is 17.3. The number of nitrogens with one attached hydrogen (secondary N) is 2. The van der Waals surface area contributed by atoms with Gasteiger partial charge in [-0.25, -0.2) is 0 Å². The van der Waals surface area contributed by atoms with Gasteiger partial charge in [0.25, 0.3) is 5.91 Å². The van der Waals surface area contributed by atoms with Gasteiger partial charge in [0.1, 0.15) is 6.54 Å². The van der Waals surface area contributed by atoms with Gasteiger partial charge in [-0.15, -0.1) is 0 Å². The van der Waals surface area contributed by atoms with Crippen LogP contribution in [0, 0.1) is 6.92 Å². The Morgan fingerprint density at radius 1 is 1.18 bits per heavy atom. The van der Waals surface area contributed by atoms with E-state index in [9.17, 15) is 4.79 Å². The van der Waals surface area contributed by atoms with Crippen LogP contribution in [-0.2, 0) is 17.8 Å². The fourth-order valence-electron chi connectivity index (χ4n) is 4.02. The molecule has 0 saturated heterocycles. The Balaban J connectivity index is 1.61. The van der Waals surface area contributed by atoms with E-state index in [2.05, 4.69) is 36.5 Å². The highest BCUT2D eigenvalue weighted by Crippen LogP contribution is 2.30. The van der Waals surface area contributed by atoms with Crippen molar-refractivity contribution >= 4 is 5.91 Å². The number of fused-ring (bicyclic) bond motifs is 1. The first-order chi connectivity index (χ1) is 13.5. The Labute approximate surface area is 167 Å². The lowest BCUT2D eigenvalue weighted by Gasteiger charge is -2.26. The molecule has 0 bridgehead atoms. The number of rotatable bonds is 7. The molecule has 150 valence electrons. The number of aryl methyl sites for hydroxylation is 2. The Morgan fingerprint density at radius 3 is 2.64 bits per heavy atom. The zero-order chi connectivity index (χ0) is 20.1. The van der Waals surface area contributed by atoms with E-state index in [4.69, 9.17) is 9.47 Å². The Morgan fingerprint density at radius 2 is 1.89 bits per heavy atom. The van der Waals surface area contributed by atoms with Crippen molar-refractivity contribution < 1.29 is 19.2 Å². The lowest BCUT2D eigenvalue weighted by molar-refractivity contribution is -0.885. The number of methoxy groups -OCH3 is 2. The number of ether oxygens (including phenoxy) is 2. The minimum atomic E-state index is 0.0948. The van der Waals surface area contributed by atoms with Crippen molar-refractivity contribution in [3.05, 3.63) is 58.7 Å². The van der Waals surface area contributed by atoms with Crippen LogP contribution in [0.5, 0.6) is 11.5 Å². The lowest BCUT2D eigenvalue weighted by atomic mass is 9.88. The molecule has 1 aliphatic rings. The van der Waals surface area contributed by atoms with Crippen LogP contribution in [0.15, 0.2) is 36.4 Å². The summed E-state index contributed by atoms with van der Waals surface area (Å²) in [4.78, 5) is 13.8. The predicted octanol–water partition coefficient (Wildman–Crippen LogP) is 2.22. The molecule has 0 spiro atoms. The van der Waals surface area contributed by atoms with Crippen LogP contribution in [0.25, 0.3) is 0 Å². The third-order valence-electron chi connectivity index (χ3n) is 5.50. The maximum atomic E-state index is 12.7. The van der Waals surface area contributed by atoms with Gasteiger partial charge < -0.3 is 19.7 Å². The van der Waals surface area contributed by atoms with E-state index in [0.29, 0.717) is 6.54 Å². The van der Waals surface area contributed by atoms with Gasteiger partial charge in [-0.05, 0) is 55.0 Å². The third kappa shape index (κ3) is 4.65. The van der Waals surface area contributed by atoms with E-state index in [0.717, 1.165) is 53.3 Å². The molecular weight excluding hydrogens is 352 g/mol. The maximum absolute atomic E-state index is 12.7. The molecule has 5 nitrogen and oxygen atoms in total. The maximum Gasteiger partial charge on any atom is 0.275 e. The second-order valence-electron chi connectivity index (χ2n) is 7.66. The summed E-state index contributed by atoms with van der Waals surface area (Å²) in [5.74, 6) is 1.55. The van der Waals surface area contributed by atoms with Crippen molar-refractivity contribution in [2.75, 3.05) is 27.8 Å². The summed E-state index contributed by atoms with van der Waals surface area (Å²) < 4.78 is 10.8. The molecule has 5 heteroatoms. The fraction of sp³-hybridized carbons (Fsp3) is 0.435. The molecule has 28 heavy (non-hydrogen) atoms. The second-order valence-corrected chi connectivity index (χ2v) is 7.66. The first kappa shape index (κ1) is 20.2. The number of carbonyl (C=O) groups is 1. The molecule has 0 fully saturated rings. The number of benzene rings is 2. The van der Waals surface area contributed by atoms with Gasteiger partial charge in [-0.2, -0.15) is 0 Å². The number of likely N-dealkylation sites (N-methyl/N-ethyl adjacent to an activating group) is 1. The molecule has 2 aromatic rings. The summed E-state index contributed by atoms with van der Waals surface area (Å²) in [5, 5.41) is 3.24. The summed E-state index contributed by atoms with van der Waals surface area (Å²) in [7, 11) is 5.33. The summed E-state index contributed by atoms with van der Waals surface area (Å²) in [5.41, 5.74) is 4.93. The van der Waals surface area contributed by atoms with Crippen LogP contribution in [0.1, 0.15) is 41.1 Å². The highest BCUT2D eigenvalue weighted by molar-refractivity contribution is 5.77. The quantitative estimate of drug-likeness (QED) is 0.771. The zero-order valence-electron chi connectivity index (χ0n) is 17.3. The van der Waals surface area contributed by atoms with Gasteiger partial charge in [0.05, 0.1) is 27.3 Å². The minimum absolute atomic E-state index is 0.0948. The first-order valence-electron chi connectivity index (χ1n) is 9.91. The van der Waals surface area contributed by atoms with E-state index >= 15 is 0 Å². The molecule has 2 N–H and O–H groups in total. The SMILES string of the molecule is COc1cc(C)c(C[NH+](C)CC(=O)N[C@H]2CCCc3ccccc32)cc1OC. The summed E-state index contributed by atoms with van der Waals surface area (Å²) in [6.45, 7) is 3.25. The van der Waals surface area contributed by atoms with Crippen molar-refractivity contribution in [2.24, 2.45) is 0 Å². The second kappa shape index (κ2) is 9.11. The number of quaternary nitrogens is 1. The molecule has 0 aromatic heterocycles. The van der Waals surface area contributed by atoms with Crippen molar-refractivity contribution in [1.29, 1.82) is 0 Å². The normalized spacial score (nSPS) is 16.8. The molecule has 0 heterocycles. The molecule has 1 amide bonds. The van der Waals surface area contributed by atoms with Gasteiger partial charge in [-0.3, -0.25) is 4.79 Å². The number of hydrogen-bond donors (Lipinski definition) is 2. The average molecular weight is 384 g/mol. The standard InChI is InChI=1S/C23H30N2O3/c1-16-12-21(27-3)22(28-4)13-18(16)14-25(2)15-23(26)24-20-11-7-9-17-8-5-6-10-19(17)20/h5-6,8,10,12-13,20H,7,9,11,14-15H2,1-4H3,(H,24,26)/p+1/t20-/m0/s1. The molecule has 0 aliphatic heterocycles. The average Bonchev–Trinajstić information content (AvgIpc) is 2.69. The van der Waals surface area contributed by atoms with E-state index in [-0.39, 0.29) is 11.9 Å². The smallest absolute Gasteiger partial charge is 0.275 e. The van der Waals surface area contributed by atoms with Gasteiger partial charge >= 0.3 is 0 Å². The van der Waals surface area contributed by atoms with Gasteiger partial charge in [0.2, 0.25) is 0 Å². The van der Waals surface area contributed by atoms with E-state index in [1.807, 2.05) is 19.2 Å². The predicted molar refractivity (Wildman–Crippen MR) is 110 cm³/mol. The van der Waals surface area contributed by atoms with Crippen LogP contribution in [0.3, 0.4) is 0 Å². The van der Waals surface area contributed by atoms with Crippen LogP contribution >= 0.6 is 0 Å². The topological polar surface area (TPSA) is 52.0 Å². The fourth-order valence-corrected chi connectivity index (χ4v) is 4.02. The van der Waals surface area contributed by atoms with Crippen LogP contribution < -0.4 is 19.7 Å². The Kier molecular flexibility index (Phi) is 6.57. The number of hydrogen-bond acceptors (Lipinski definition) is 3. The van der Waals surface area contributed by atoms with Crippen LogP contribution in [0.2, 0.25) is 0 Å². The molecule has 1 aliphatic carbocycles. The first-order valence-corrected chi connectivity index (χ1v) is 9.91. The summed E-state index contributed by atoms with van der Waals surface area (Å²) in [6, 6.07) is 12.6. The summed E-state index contributed by atoms with van der Waals surface area (Å²) >= 11 is 0. The van der Waals surface area contributed by atoms with Crippen molar-refractivity contribution in [3.63, 3.8) is 0 Å². The van der Waals surface area contributed by atoms with E-state index in [1.54, 1.807) is 14.2 Å². The van der Waals surface area contributed by atoms with E-state index < -0.39 is 0 Å². The summed E-state index contributed by atoms with van der Waals surface area (Å²) in [6.07, 6.45) is 3.23. The molecule has 2 aromatic carbocycles. The number of amides is 1. The molecule has 0 radical (unpaired) electrons. The molecule has 2 atom stereocenters. The van der Waals surface area contributed by atoms with Crippen molar-refractivity contribution in [1.82, 2.24) is 5.32 Å². The molecule has 3 rings (SSSR count). The highest BCUT2D eigenvalue weighted by Gasteiger charge is 2.23. The third-order valence-corrected chi connectivity index (χ3v) is 5.50. The number of carbonyl (C=O) groups excluding carboxylic acids is 1. The lowest BCUT2D eigenvalue weighted by Crippen LogP contribution is -3.09. The van der Waals surface area contributed by atoms with Crippen LogP contribution in [0.4, 0.5) is 0 Å². The molecule has 1 unspecified atom stereocenters. The van der Waals surface area contributed by atoms with Crippen LogP contribution in [-0.4, -0.2) is 33.7 Å². The monoisotopic (exact) mass is 383 g/mol. The highest BCUT2D eigenvalue weighted by atomic mass is 16.5. The van der Waals surface area contributed by atoms with Crippen molar-refractivity contribution in [2.45, 2.75) is 38.8 Å².